The van der Waals surface area contributed by atoms with Crippen LogP contribution in [0.15, 0.2) is 23.0 Å². The predicted molar refractivity (Wildman–Crippen MR) is 76.9 cm³/mol. The lowest BCUT2D eigenvalue weighted by Crippen LogP contribution is -2.45. The molecule has 0 aromatic carbocycles. The molecule has 0 bridgehead atoms. The standard InChI is InChI=1S/C15H20N4O2/c1-11-8-16-18(9-11)10-13-5-3-4-6-19(13)15(20)14-7-12(2)17-21-14/h7-9,13H,3-6,10H2,1-2H3/t13-/m0/s1. The Kier molecular flexibility index (Phi) is 3.77. The summed E-state index contributed by atoms with van der Waals surface area (Å²) in [4.78, 5) is 14.5. The minimum atomic E-state index is -0.0656. The van der Waals surface area contributed by atoms with E-state index in [1.807, 2.05) is 35.8 Å². The van der Waals surface area contributed by atoms with Crippen LogP contribution in [0, 0.1) is 13.8 Å². The van der Waals surface area contributed by atoms with E-state index in [0.717, 1.165) is 43.6 Å². The monoisotopic (exact) mass is 288 g/mol. The Balaban J connectivity index is 1.76. The molecule has 1 saturated heterocycles. The average Bonchev–Trinajstić information content (AvgIpc) is 3.08. The van der Waals surface area contributed by atoms with Crippen LogP contribution in [0.4, 0.5) is 0 Å². The molecule has 2 aromatic rings. The lowest BCUT2D eigenvalue weighted by molar-refractivity contribution is 0.0542. The zero-order chi connectivity index (χ0) is 14.8. The minimum Gasteiger partial charge on any atom is -0.351 e. The molecule has 1 aliphatic heterocycles. The van der Waals surface area contributed by atoms with E-state index in [1.54, 1.807) is 6.07 Å². The van der Waals surface area contributed by atoms with Gasteiger partial charge in [-0.25, -0.2) is 0 Å². The number of amides is 1. The molecule has 3 heterocycles. The number of rotatable bonds is 3. The van der Waals surface area contributed by atoms with Crippen molar-refractivity contribution in [2.45, 2.75) is 45.7 Å². The average molecular weight is 288 g/mol. The number of hydrogen-bond acceptors (Lipinski definition) is 4. The molecule has 1 amide bonds. The fraction of sp³-hybridized carbons (Fsp3) is 0.533. The molecule has 2 aromatic heterocycles. The summed E-state index contributed by atoms with van der Waals surface area (Å²) in [5.41, 5.74) is 1.86. The number of piperidine rings is 1. The number of nitrogens with zero attached hydrogens (tertiary/aromatic N) is 4. The molecule has 0 N–H and O–H groups in total. The van der Waals surface area contributed by atoms with E-state index in [4.69, 9.17) is 4.52 Å². The van der Waals surface area contributed by atoms with Gasteiger partial charge in [0.05, 0.1) is 24.5 Å². The van der Waals surface area contributed by atoms with Gasteiger partial charge in [0.2, 0.25) is 5.76 Å². The highest BCUT2D eigenvalue weighted by Crippen LogP contribution is 2.21. The van der Waals surface area contributed by atoms with Gasteiger partial charge < -0.3 is 9.42 Å². The first-order valence-electron chi connectivity index (χ1n) is 7.37. The van der Waals surface area contributed by atoms with Crippen LogP contribution in [0.2, 0.25) is 0 Å². The Morgan fingerprint density at radius 1 is 1.43 bits per heavy atom. The molecule has 1 aliphatic rings. The molecular formula is C15H20N4O2. The summed E-state index contributed by atoms with van der Waals surface area (Å²) in [5, 5.41) is 8.13. The van der Waals surface area contributed by atoms with Crippen LogP contribution in [-0.2, 0) is 6.54 Å². The molecule has 0 aliphatic carbocycles. The van der Waals surface area contributed by atoms with Crippen molar-refractivity contribution in [3.05, 3.63) is 35.5 Å². The lowest BCUT2D eigenvalue weighted by Gasteiger charge is -2.35. The van der Waals surface area contributed by atoms with E-state index in [9.17, 15) is 4.79 Å². The maximum absolute atomic E-state index is 12.6. The van der Waals surface area contributed by atoms with Crippen LogP contribution in [0.25, 0.3) is 0 Å². The first kappa shape index (κ1) is 13.9. The predicted octanol–water partition coefficient (Wildman–Crippen LogP) is 2.18. The summed E-state index contributed by atoms with van der Waals surface area (Å²) in [6.45, 7) is 5.33. The van der Waals surface area contributed by atoms with E-state index in [0.29, 0.717) is 5.76 Å². The second-order valence-corrected chi connectivity index (χ2v) is 5.72. The molecule has 112 valence electrons. The van der Waals surface area contributed by atoms with Gasteiger partial charge in [-0.05, 0) is 38.7 Å². The van der Waals surface area contributed by atoms with Gasteiger partial charge in [-0.3, -0.25) is 9.48 Å². The fourth-order valence-corrected chi connectivity index (χ4v) is 2.85. The molecule has 0 unspecified atom stereocenters. The van der Waals surface area contributed by atoms with E-state index in [-0.39, 0.29) is 11.9 Å². The second kappa shape index (κ2) is 5.71. The summed E-state index contributed by atoms with van der Waals surface area (Å²) in [6.07, 6.45) is 7.03. The van der Waals surface area contributed by atoms with Crippen LogP contribution < -0.4 is 0 Å². The van der Waals surface area contributed by atoms with Gasteiger partial charge in [0, 0.05) is 18.8 Å². The van der Waals surface area contributed by atoms with Crippen LogP contribution >= 0.6 is 0 Å². The summed E-state index contributed by atoms with van der Waals surface area (Å²) in [5.74, 6) is 0.264. The fourth-order valence-electron chi connectivity index (χ4n) is 2.85. The molecular weight excluding hydrogens is 268 g/mol. The van der Waals surface area contributed by atoms with Gasteiger partial charge >= 0.3 is 0 Å². The summed E-state index contributed by atoms with van der Waals surface area (Å²) in [7, 11) is 0. The lowest BCUT2D eigenvalue weighted by atomic mass is 10.0. The Labute approximate surface area is 123 Å². The number of carbonyl (C=O) groups is 1. The smallest absolute Gasteiger partial charge is 0.292 e. The molecule has 1 atom stereocenters. The zero-order valence-electron chi connectivity index (χ0n) is 12.5. The van der Waals surface area contributed by atoms with E-state index < -0.39 is 0 Å². The highest BCUT2D eigenvalue weighted by atomic mass is 16.5. The maximum Gasteiger partial charge on any atom is 0.292 e. The van der Waals surface area contributed by atoms with Gasteiger partial charge in [0.15, 0.2) is 0 Å². The molecule has 21 heavy (non-hydrogen) atoms. The maximum atomic E-state index is 12.6. The summed E-state index contributed by atoms with van der Waals surface area (Å²) >= 11 is 0. The Hall–Kier alpha value is -2.11. The normalized spacial score (nSPS) is 19.0. The first-order valence-corrected chi connectivity index (χ1v) is 7.37. The third-order valence-electron chi connectivity index (χ3n) is 3.89. The van der Waals surface area contributed by atoms with E-state index >= 15 is 0 Å². The molecule has 6 nitrogen and oxygen atoms in total. The van der Waals surface area contributed by atoms with E-state index in [2.05, 4.69) is 10.3 Å². The van der Waals surface area contributed by atoms with Crippen molar-refractivity contribution in [3.8, 4) is 0 Å². The van der Waals surface area contributed by atoms with Crippen LogP contribution in [0.1, 0.15) is 41.1 Å². The number of aryl methyl sites for hydroxylation is 2. The highest BCUT2D eigenvalue weighted by Gasteiger charge is 2.29. The SMILES string of the molecule is Cc1cnn(C[C@@H]2CCCCN2C(=O)c2cc(C)no2)c1. The Morgan fingerprint density at radius 2 is 2.29 bits per heavy atom. The van der Waals surface area contributed by atoms with Crippen molar-refractivity contribution in [2.75, 3.05) is 6.54 Å². The first-order chi connectivity index (χ1) is 10.1. The van der Waals surface area contributed by atoms with Crippen molar-refractivity contribution in [1.82, 2.24) is 19.8 Å². The zero-order valence-corrected chi connectivity index (χ0v) is 12.5. The van der Waals surface area contributed by atoms with Gasteiger partial charge in [-0.1, -0.05) is 5.16 Å². The number of hydrogen-bond donors (Lipinski definition) is 0. The highest BCUT2D eigenvalue weighted by molar-refractivity contribution is 5.91. The largest absolute Gasteiger partial charge is 0.351 e. The van der Waals surface area contributed by atoms with Gasteiger partial charge in [0.1, 0.15) is 0 Å². The minimum absolute atomic E-state index is 0.0656. The topological polar surface area (TPSA) is 64.2 Å². The number of carbonyl (C=O) groups excluding carboxylic acids is 1. The van der Waals surface area contributed by atoms with Crippen molar-refractivity contribution < 1.29 is 9.32 Å². The molecule has 0 saturated carbocycles. The van der Waals surface area contributed by atoms with Crippen molar-refractivity contribution in [3.63, 3.8) is 0 Å². The molecule has 0 spiro atoms. The van der Waals surface area contributed by atoms with Crippen molar-refractivity contribution in [2.24, 2.45) is 0 Å². The Bertz CT molecular complexity index is 631. The molecule has 3 rings (SSSR count). The Morgan fingerprint density at radius 3 is 2.95 bits per heavy atom. The number of aromatic nitrogens is 3. The van der Waals surface area contributed by atoms with Crippen molar-refractivity contribution >= 4 is 5.91 Å². The molecule has 0 radical (unpaired) electrons. The van der Waals surface area contributed by atoms with Crippen LogP contribution in [0.3, 0.4) is 0 Å². The summed E-state index contributed by atoms with van der Waals surface area (Å²) < 4.78 is 7.03. The third-order valence-corrected chi connectivity index (χ3v) is 3.89. The third kappa shape index (κ3) is 2.99. The van der Waals surface area contributed by atoms with Crippen LogP contribution in [-0.4, -0.2) is 38.3 Å². The van der Waals surface area contributed by atoms with Gasteiger partial charge in [0.25, 0.3) is 5.91 Å². The van der Waals surface area contributed by atoms with Crippen LogP contribution in [0.5, 0.6) is 0 Å². The summed E-state index contributed by atoms with van der Waals surface area (Å²) in [6, 6.07) is 1.86. The van der Waals surface area contributed by atoms with Gasteiger partial charge in [-0.15, -0.1) is 0 Å². The van der Waals surface area contributed by atoms with E-state index in [1.165, 1.54) is 0 Å². The van der Waals surface area contributed by atoms with Crippen molar-refractivity contribution in [1.29, 1.82) is 0 Å². The quantitative estimate of drug-likeness (QED) is 0.868. The number of likely N-dealkylation sites (tertiary alicyclic amines) is 1. The van der Waals surface area contributed by atoms with Gasteiger partial charge in [-0.2, -0.15) is 5.10 Å². The second-order valence-electron chi connectivity index (χ2n) is 5.72. The molecule has 6 heteroatoms. The molecule has 1 fully saturated rings.